The predicted octanol–water partition coefficient (Wildman–Crippen LogP) is 15.9. The van der Waals surface area contributed by atoms with Crippen molar-refractivity contribution in [3.63, 3.8) is 0 Å². The molecule has 0 amide bonds. The van der Waals surface area contributed by atoms with E-state index in [1.807, 2.05) is 21.1 Å². The van der Waals surface area contributed by atoms with Crippen LogP contribution in [0.4, 0.5) is 0 Å². The Labute approximate surface area is 433 Å². The minimum atomic E-state index is -1.53. The van der Waals surface area contributed by atoms with Crippen LogP contribution in [-0.4, -0.2) is 87.4 Å². The summed E-state index contributed by atoms with van der Waals surface area (Å²) in [5.74, 6) is -2.07. The van der Waals surface area contributed by atoms with Gasteiger partial charge in [0.25, 0.3) is 6.29 Å². The van der Waals surface area contributed by atoms with E-state index >= 15 is 0 Å². The maximum atomic E-state index is 12.9. The van der Waals surface area contributed by atoms with Crippen LogP contribution in [0.5, 0.6) is 0 Å². The topological polar surface area (TPSA) is 108 Å². The van der Waals surface area contributed by atoms with E-state index in [2.05, 4.69) is 148 Å². The number of quaternary nitrogens is 1. The summed E-state index contributed by atoms with van der Waals surface area (Å²) in [5, 5.41) is 9.69. The number of carbonyl (C=O) groups is 3. The van der Waals surface area contributed by atoms with Gasteiger partial charge in [-0.2, -0.15) is 0 Å². The van der Waals surface area contributed by atoms with Crippen molar-refractivity contribution in [1.29, 1.82) is 0 Å². The van der Waals surface area contributed by atoms with E-state index in [4.69, 9.17) is 18.9 Å². The first-order chi connectivity index (χ1) is 34.6. The molecule has 0 heterocycles. The summed E-state index contributed by atoms with van der Waals surface area (Å²) in [7, 11) is 5.94. The molecule has 9 heteroatoms. The molecule has 2 unspecified atom stereocenters. The molecule has 71 heavy (non-hydrogen) atoms. The molecule has 9 nitrogen and oxygen atoms in total. The Kier molecular flexibility index (Phi) is 48.4. The van der Waals surface area contributed by atoms with Crippen molar-refractivity contribution < 1.29 is 42.9 Å². The summed E-state index contributed by atoms with van der Waals surface area (Å²) in [5.41, 5.74) is 0. The van der Waals surface area contributed by atoms with Gasteiger partial charge >= 0.3 is 17.9 Å². The molecule has 1 N–H and O–H groups in total. The zero-order chi connectivity index (χ0) is 52.0. The zero-order valence-electron chi connectivity index (χ0n) is 45.3. The summed E-state index contributed by atoms with van der Waals surface area (Å²) in [6.07, 6.45) is 70.9. The van der Waals surface area contributed by atoms with E-state index in [1.54, 1.807) is 0 Å². The number of nitrogens with zero attached hydrogens (tertiary/aromatic N) is 1. The van der Waals surface area contributed by atoms with Gasteiger partial charge in [0.1, 0.15) is 13.2 Å². The van der Waals surface area contributed by atoms with Gasteiger partial charge in [0, 0.05) is 12.8 Å². The van der Waals surface area contributed by atoms with Crippen molar-refractivity contribution >= 4 is 17.9 Å². The molecule has 0 saturated carbocycles. The van der Waals surface area contributed by atoms with Crippen LogP contribution >= 0.6 is 0 Å². The zero-order valence-corrected chi connectivity index (χ0v) is 45.3. The van der Waals surface area contributed by atoms with E-state index in [-0.39, 0.29) is 38.6 Å². The molecule has 0 aromatic heterocycles. The van der Waals surface area contributed by atoms with Crippen LogP contribution < -0.4 is 0 Å². The van der Waals surface area contributed by atoms with Crippen molar-refractivity contribution in [1.82, 2.24) is 0 Å². The third-order valence-corrected chi connectivity index (χ3v) is 10.9. The number of hydrogen-bond acceptors (Lipinski definition) is 7. The Balaban J connectivity index is 4.41. The Morgan fingerprint density at radius 3 is 1.13 bits per heavy atom. The van der Waals surface area contributed by atoms with Crippen LogP contribution in [0.3, 0.4) is 0 Å². The number of allylic oxidation sites excluding steroid dienone is 22. The number of carbonyl (C=O) groups excluding carboxylic acids is 2. The third kappa shape index (κ3) is 53.1. The van der Waals surface area contributed by atoms with Gasteiger partial charge in [-0.1, -0.05) is 192 Å². The number of likely N-dealkylation sites (N-methyl/N-ethyl adjacent to an activating group) is 1. The van der Waals surface area contributed by atoms with Crippen LogP contribution in [0.1, 0.15) is 181 Å². The smallest absolute Gasteiger partial charge is 0.361 e. The molecule has 0 bridgehead atoms. The molecule has 0 fully saturated rings. The lowest BCUT2D eigenvalue weighted by Crippen LogP contribution is -2.40. The second kappa shape index (κ2) is 51.8. The molecule has 0 aliphatic rings. The molecule has 0 spiro atoms. The highest BCUT2D eigenvalue weighted by Gasteiger charge is 2.25. The van der Waals surface area contributed by atoms with E-state index in [9.17, 15) is 19.5 Å². The average molecular weight is 987 g/mol. The van der Waals surface area contributed by atoms with Gasteiger partial charge in [-0.3, -0.25) is 9.59 Å². The standard InChI is InChI=1S/C62H99NO8/c1-6-8-10-12-14-16-18-20-22-24-26-27-28-29-30-31-32-33-35-37-39-41-43-45-47-49-51-53-60(65)71-58(57-70-62(61(66)67)68-55-54-63(3,4)5)56-69-59(64)52-50-48-46-44-42-40-38-36-34-25-23-21-19-17-15-13-11-9-7-2/h8-11,14-17,20-23,26-27,29-30,32-34,36-37,39,58,62H,6-7,12-13,18-19,24-25,28,31,35,38,40-57H2,1-5H3/p+1/b10-8-,11-9-,16-14-,17-15-,22-20-,23-21-,27-26-,30-29-,33-32-,36-34-,39-37-. The Morgan fingerprint density at radius 1 is 0.423 bits per heavy atom. The molecular formula is C62H100NO8+. The lowest BCUT2D eigenvalue weighted by atomic mass is 10.1. The maximum Gasteiger partial charge on any atom is 0.361 e. The Morgan fingerprint density at radius 2 is 0.761 bits per heavy atom. The largest absolute Gasteiger partial charge is 0.477 e. The first kappa shape index (κ1) is 66.4. The lowest BCUT2D eigenvalue weighted by molar-refractivity contribution is -0.870. The summed E-state index contributed by atoms with van der Waals surface area (Å²) in [6, 6.07) is 0. The van der Waals surface area contributed by atoms with E-state index in [0.29, 0.717) is 17.4 Å². The highest BCUT2D eigenvalue weighted by atomic mass is 16.7. The molecule has 0 radical (unpaired) electrons. The lowest BCUT2D eigenvalue weighted by Gasteiger charge is -2.25. The predicted molar refractivity (Wildman–Crippen MR) is 299 cm³/mol. The third-order valence-electron chi connectivity index (χ3n) is 10.9. The highest BCUT2D eigenvalue weighted by Crippen LogP contribution is 2.13. The molecule has 0 saturated heterocycles. The summed E-state index contributed by atoms with van der Waals surface area (Å²) in [4.78, 5) is 37.4. The fourth-order valence-corrected chi connectivity index (χ4v) is 6.75. The van der Waals surface area contributed by atoms with Crippen molar-refractivity contribution in [2.75, 3.05) is 47.5 Å². The van der Waals surface area contributed by atoms with Gasteiger partial charge in [0.15, 0.2) is 6.10 Å². The first-order valence-electron chi connectivity index (χ1n) is 27.3. The van der Waals surface area contributed by atoms with Crippen LogP contribution in [0.2, 0.25) is 0 Å². The van der Waals surface area contributed by atoms with Gasteiger partial charge in [-0.05, 0) is 109 Å². The van der Waals surface area contributed by atoms with Crippen molar-refractivity contribution in [3.05, 3.63) is 134 Å². The summed E-state index contributed by atoms with van der Waals surface area (Å²) >= 11 is 0. The van der Waals surface area contributed by atoms with Gasteiger partial charge in [-0.25, -0.2) is 4.79 Å². The van der Waals surface area contributed by atoms with Crippen molar-refractivity contribution in [3.8, 4) is 0 Å². The molecule has 0 rings (SSSR count). The molecule has 0 aromatic carbocycles. The molecule has 0 aliphatic carbocycles. The number of unbranched alkanes of at least 4 members (excludes halogenated alkanes) is 11. The summed E-state index contributed by atoms with van der Waals surface area (Å²) < 4.78 is 22.8. The molecule has 0 aliphatic heterocycles. The summed E-state index contributed by atoms with van der Waals surface area (Å²) in [6.45, 7) is 4.58. The number of aliphatic carboxylic acids is 1. The minimum Gasteiger partial charge on any atom is -0.477 e. The van der Waals surface area contributed by atoms with Crippen LogP contribution in [0.25, 0.3) is 0 Å². The molecule has 2 atom stereocenters. The Bertz CT molecular complexity index is 1620. The number of carboxylic acids is 1. The highest BCUT2D eigenvalue weighted by molar-refractivity contribution is 5.71. The molecule has 0 aromatic rings. The Hall–Kier alpha value is -4.57. The number of carboxylic acid groups (broad SMARTS) is 1. The SMILES string of the molecule is CC/C=C\C/C=C\C/C=C\C/C=C\C/C=C\C/C=C\C/C=C\CCCCCCCC(=O)OC(COC(=O)CCCCCCCC/C=C\C/C=C\C/C=C\C/C=C\CC)COC(OCC[N+](C)(C)C)C(=O)O. The number of hydrogen-bond donors (Lipinski definition) is 1. The number of esters is 2. The van der Waals surface area contributed by atoms with Crippen molar-refractivity contribution in [2.24, 2.45) is 0 Å². The van der Waals surface area contributed by atoms with E-state index < -0.39 is 24.3 Å². The average Bonchev–Trinajstić information content (AvgIpc) is 3.34. The van der Waals surface area contributed by atoms with Gasteiger partial charge in [0.2, 0.25) is 0 Å². The molecular weight excluding hydrogens is 887 g/mol. The normalized spacial score (nSPS) is 13.9. The minimum absolute atomic E-state index is 0.172. The maximum absolute atomic E-state index is 12.9. The van der Waals surface area contributed by atoms with Gasteiger partial charge in [0.05, 0.1) is 34.4 Å². The van der Waals surface area contributed by atoms with Gasteiger partial charge < -0.3 is 28.5 Å². The number of rotatable bonds is 48. The van der Waals surface area contributed by atoms with Crippen LogP contribution in [0.15, 0.2) is 134 Å². The number of ether oxygens (including phenoxy) is 4. The second-order valence-electron chi connectivity index (χ2n) is 18.8. The first-order valence-corrected chi connectivity index (χ1v) is 27.3. The fraction of sp³-hybridized carbons (Fsp3) is 0.597. The van der Waals surface area contributed by atoms with E-state index in [0.717, 1.165) is 148 Å². The van der Waals surface area contributed by atoms with Crippen LogP contribution in [-0.2, 0) is 33.3 Å². The van der Waals surface area contributed by atoms with E-state index in [1.165, 1.54) is 0 Å². The molecule has 400 valence electrons. The second-order valence-corrected chi connectivity index (χ2v) is 18.8. The fourth-order valence-electron chi connectivity index (χ4n) is 6.75. The quantitative estimate of drug-likeness (QED) is 0.0211. The monoisotopic (exact) mass is 987 g/mol. The van der Waals surface area contributed by atoms with Gasteiger partial charge in [-0.15, -0.1) is 0 Å². The van der Waals surface area contributed by atoms with Crippen molar-refractivity contribution in [2.45, 2.75) is 193 Å². The van der Waals surface area contributed by atoms with Crippen LogP contribution in [0, 0.1) is 0 Å².